The Bertz CT molecular complexity index is 639. The highest BCUT2D eigenvalue weighted by Gasteiger charge is 2.29. The van der Waals surface area contributed by atoms with Gasteiger partial charge in [0.25, 0.3) is 0 Å². The predicted octanol–water partition coefficient (Wildman–Crippen LogP) is 3.29. The fourth-order valence-electron chi connectivity index (χ4n) is 3.05. The van der Waals surface area contributed by atoms with Crippen molar-refractivity contribution >= 4 is 16.9 Å². The molecule has 2 N–H and O–H groups in total. The first-order chi connectivity index (χ1) is 8.59. The molecular weight excluding hydrogens is 226 g/mol. The minimum atomic E-state index is -0.699. The minimum Gasteiger partial charge on any atom is -0.481 e. The van der Waals surface area contributed by atoms with Crippen LogP contribution in [0, 0.1) is 13.8 Å². The number of carbonyl (C=O) groups is 1. The molecule has 0 saturated carbocycles. The summed E-state index contributed by atoms with van der Waals surface area (Å²) in [7, 11) is 0. The van der Waals surface area contributed by atoms with Crippen molar-refractivity contribution in [1.82, 2.24) is 4.98 Å². The van der Waals surface area contributed by atoms with Gasteiger partial charge < -0.3 is 10.1 Å². The molecule has 0 radical (unpaired) electrons. The van der Waals surface area contributed by atoms with Crippen molar-refractivity contribution in [3.8, 4) is 0 Å². The SMILES string of the molecule is Cc1ccc2c3c([nH]c2c1C)CCCC3C(=O)O. The average molecular weight is 243 g/mol. The summed E-state index contributed by atoms with van der Waals surface area (Å²) in [6.45, 7) is 4.18. The highest BCUT2D eigenvalue weighted by Crippen LogP contribution is 2.38. The molecule has 1 aliphatic carbocycles. The van der Waals surface area contributed by atoms with Crippen LogP contribution in [0.15, 0.2) is 12.1 Å². The zero-order chi connectivity index (χ0) is 12.9. The number of rotatable bonds is 1. The van der Waals surface area contributed by atoms with Crippen LogP contribution in [0.1, 0.15) is 41.1 Å². The summed E-state index contributed by atoms with van der Waals surface area (Å²) < 4.78 is 0. The quantitative estimate of drug-likeness (QED) is 0.807. The van der Waals surface area contributed by atoms with Gasteiger partial charge in [-0.1, -0.05) is 12.1 Å². The Morgan fingerprint density at radius 3 is 2.89 bits per heavy atom. The summed E-state index contributed by atoms with van der Waals surface area (Å²) >= 11 is 0. The van der Waals surface area contributed by atoms with E-state index in [0.717, 1.165) is 41.4 Å². The summed E-state index contributed by atoms with van der Waals surface area (Å²) in [5.41, 5.74) is 5.73. The normalized spacial score (nSPS) is 18.9. The molecule has 0 amide bonds. The van der Waals surface area contributed by atoms with Gasteiger partial charge in [-0.05, 0) is 49.8 Å². The first-order valence-electron chi connectivity index (χ1n) is 6.43. The van der Waals surface area contributed by atoms with Crippen LogP contribution >= 0.6 is 0 Å². The van der Waals surface area contributed by atoms with E-state index in [4.69, 9.17) is 0 Å². The number of fused-ring (bicyclic) bond motifs is 3. The Morgan fingerprint density at radius 1 is 1.39 bits per heavy atom. The Kier molecular flexibility index (Phi) is 2.44. The number of carboxylic acid groups (broad SMARTS) is 1. The number of carboxylic acids is 1. The van der Waals surface area contributed by atoms with Crippen LogP contribution in [0.3, 0.4) is 0 Å². The Hall–Kier alpha value is -1.77. The molecule has 1 aromatic heterocycles. The lowest BCUT2D eigenvalue weighted by molar-refractivity contribution is -0.139. The van der Waals surface area contributed by atoms with Gasteiger partial charge in [-0.3, -0.25) is 4.79 Å². The first-order valence-corrected chi connectivity index (χ1v) is 6.43. The van der Waals surface area contributed by atoms with Crippen molar-refractivity contribution in [2.24, 2.45) is 0 Å². The maximum atomic E-state index is 11.4. The second-order valence-electron chi connectivity index (χ2n) is 5.23. The van der Waals surface area contributed by atoms with E-state index in [0.29, 0.717) is 0 Å². The average Bonchev–Trinajstić information content (AvgIpc) is 2.73. The van der Waals surface area contributed by atoms with Crippen LogP contribution in [-0.2, 0) is 11.2 Å². The Labute approximate surface area is 106 Å². The van der Waals surface area contributed by atoms with E-state index >= 15 is 0 Å². The largest absolute Gasteiger partial charge is 0.481 e. The van der Waals surface area contributed by atoms with Gasteiger partial charge in [-0.2, -0.15) is 0 Å². The number of nitrogens with one attached hydrogen (secondary N) is 1. The molecule has 0 bridgehead atoms. The molecule has 18 heavy (non-hydrogen) atoms. The molecule has 1 aliphatic rings. The van der Waals surface area contributed by atoms with Crippen LogP contribution in [0.5, 0.6) is 0 Å². The summed E-state index contributed by atoms with van der Waals surface area (Å²) in [5, 5.41) is 10.5. The maximum Gasteiger partial charge on any atom is 0.311 e. The second kappa shape index (κ2) is 3.87. The molecule has 3 rings (SSSR count). The van der Waals surface area contributed by atoms with Crippen molar-refractivity contribution < 1.29 is 9.90 Å². The molecule has 0 spiro atoms. The van der Waals surface area contributed by atoms with E-state index in [1.54, 1.807) is 0 Å². The second-order valence-corrected chi connectivity index (χ2v) is 5.23. The van der Waals surface area contributed by atoms with E-state index < -0.39 is 5.97 Å². The van der Waals surface area contributed by atoms with Crippen molar-refractivity contribution in [2.75, 3.05) is 0 Å². The summed E-state index contributed by atoms with van der Waals surface area (Å²) in [4.78, 5) is 14.8. The number of aryl methyl sites for hydroxylation is 3. The van der Waals surface area contributed by atoms with Gasteiger partial charge in [0.05, 0.1) is 5.92 Å². The number of hydrogen-bond donors (Lipinski definition) is 2. The monoisotopic (exact) mass is 243 g/mol. The number of hydrogen-bond acceptors (Lipinski definition) is 1. The predicted molar refractivity (Wildman–Crippen MR) is 71.1 cm³/mol. The molecule has 94 valence electrons. The highest BCUT2D eigenvalue weighted by molar-refractivity contribution is 5.93. The first kappa shape index (κ1) is 11.3. The van der Waals surface area contributed by atoms with E-state index in [1.807, 2.05) is 0 Å². The van der Waals surface area contributed by atoms with E-state index in [1.165, 1.54) is 11.1 Å². The lowest BCUT2D eigenvalue weighted by Gasteiger charge is -2.19. The zero-order valence-electron chi connectivity index (χ0n) is 10.7. The molecule has 1 unspecified atom stereocenters. The van der Waals surface area contributed by atoms with Crippen LogP contribution in [0.25, 0.3) is 10.9 Å². The number of H-pyrrole nitrogens is 1. The molecule has 3 heteroatoms. The molecule has 0 aliphatic heterocycles. The standard InChI is InChI=1S/C15H17NO2/c1-8-6-7-10-13-11(15(17)18)4-3-5-12(13)16-14(10)9(8)2/h6-7,11,16H,3-5H2,1-2H3,(H,17,18). The zero-order valence-corrected chi connectivity index (χ0v) is 10.7. The maximum absolute atomic E-state index is 11.4. The fourth-order valence-corrected chi connectivity index (χ4v) is 3.05. The van der Waals surface area contributed by atoms with Crippen LogP contribution in [0.2, 0.25) is 0 Å². The van der Waals surface area contributed by atoms with E-state index in [-0.39, 0.29) is 5.92 Å². The van der Waals surface area contributed by atoms with Crippen molar-refractivity contribution in [3.63, 3.8) is 0 Å². The summed E-state index contributed by atoms with van der Waals surface area (Å²) in [5.74, 6) is -1.04. The molecule has 0 saturated heterocycles. The van der Waals surface area contributed by atoms with Crippen LogP contribution < -0.4 is 0 Å². The molecule has 3 nitrogen and oxygen atoms in total. The smallest absolute Gasteiger partial charge is 0.311 e. The third-order valence-corrected chi connectivity index (χ3v) is 4.19. The number of benzene rings is 1. The lowest BCUT2D eigenvalue weighted by atomic mass is 9.85. The molecular formula is C15H17NO2. The van der Waals surface area contributed by atoms with Crippen molar-refractivity contribution in [2.45, 2.75) is 39.0 Å². The third-order valence-electron chi connectivity index (χ3n) is 4.19. The summed E-state index contributed by atoms with van der Waals surface area (Å²) in [6.07, 6.45) is 2.67. The van der Waals surface area contributed by atoms with Crippen molar-refractivity contribution in [1.29, 1.82) is 0 Å². The summed E-state index contributed by atoms with van der Waals surface area (Å²) in [6, 6.07) is 4.15. The Balaban J connectivity index is 2.32. The van der Waals surface area contributed by atoms with Gasteiger partial charge in [0, 0.05) is 16.6 Å². The van der Waals surface area contributed by atoms with Gasteiger partial charge >= 0.3 is 5.97 Å². The topological polar surface area (TPSA) is 53.1 Å². The van der Waals surface area contributed by atoms with Gasteiger partial charge in [0.2, 0.25) is 0 Å². The van der Waals surface area contributed by atoms with Gasteiger partial charge in [0.1, 0.15) is 0 Å². The third kappa shape index (κ3) is 1.47. The Morgan fingerprint density at radius 2 is 2.17 bits per heavy atom. The lowest BCUT2D eigenvalue weighted by Crippen LogP contribution is -2.17. The van der Waals surface area contributed by atoms with Crippen LogP contribution in [-0.4, -0.2) is 16.1 Å². The molecule has 1 atom stereocenters. The van der Waals surface area contributed by atoms with Gasteiger partial charge in [-0.15, -0.1) is 0 Å². The van der Waals surface area contributed by atoms with E-state index in [2.05, 4.69) is 31.0 Å². The van der Waals surface area contributed by atoms with Gasteiger partial charge in [-0.25, -0.2) is 0 Å². The van der Waals surface area contributed by atoms with E-state index in [9.17, 15) is 9.90 Å². The molecule has 1 aromatic carbocycles. The fraction of sp³-hybridized carbons (Fsp3) is 0.400. The molecule has 2 aromatic rings. The van der Waals surface area contributed by atoms with Crippen molar-refractivity contribution in [3.05, 3.63) is 34.5 Å². The highest BCUT2D eigenvalue weighted by atomic mass is 16.4. The number of aromatic nitrogens is 1. The van der Waals surface area contributed by atoms with Crippen LogP contribution in [0.4, 0.5) is 0 Å². The number of aliphatic carboxylic acids is 1. The number of aromatic amines is 1. The molecule has 1 heterocycles. The van der Waals surface area contributed by atoms with Gasteiger partial charge in [0.15, 0.2) is 0 Å². The minimum absolute atomic E-state index is 0.343. The molecule has 0 fully saturated rings.